The van der Waals surface area contributed by atoms with E-state index >= 15 is 0 Å². The quantitative estimate of drug-likeness (QED) is 0.300. The van der Waals surface area contributed by atoms with Crippen molar-refractivity contribution in [3.63, 3.8) is 0 Å². The number of halogens is 1. The van der Waals surface area contributed by atoms with Crippen LogP contribution in [0.1, 0.15) is 21.6 Å². The van der Waals surface area contributed by atoms with Crippen molar-refractivity contribution in [2.45, 2.75) is 13.1 Å². The predicted octanol–water partition coefficient (Wildman–Crippen LogP) is 2.79. The second-order valence-electron chi connectivity index (χ2n) is 7.80. The third-order valence-electron chi connectivity index (χ3n) is 5.57. The maximum Gasteiger partial charge on any atom is 0.253 e. The number of aromatic amines is 2. The van der Waals surface area contributed by atoms with Crippen LogP contribution in [0.25, 0.3) is 33.2 Å². The molecule has 1 aromatic carbocycles. The Morgan fingerprint density at radius 1 is 1.12 bits per heavy atom. The van der Waals surface area contributed by atoms with Crippen molar-refractivity contribution < 1.29 is 4.79 Å². The van der Waals surface area contributed by atoms with Gasteiger partial charge in [-0.3, -0.25) is 4.79 Å². The number of pyridine rings is 1. The SMILES string of the molecule is Nc1ncnc2c1ncn2Cc1cc(Cl)cc2cc(CNC(=O)c3cnc4[nH]cnc4c3)[nH]c12. The summed E-state index contributed by atoms with van der Waals surface area (Å²) in [7, 11) is 0. The number of aromatic nitrogens is 8. The molecule has 0 unspecified atom stereocenters. The second kappa shape index (κ2) is 7.81. The van der Waals surface area contributed by atoms with Crippen LogP contribution in [0, 0.1) is 0 Å². The van der Waals surface area contributed by atoms with E-state index in [4.69, 9.17) is 17.3 Å². The molecule has 168 valence electrons. The molecule has 0 saturated carbocycles. The Morgan fingerprint density at radius 2 is 2.03 bits per heavy atom. The molecule has 5 N–H and O–H groups in total. The van der Waals surface area contributed by atoms with Crippen molar-refractivity contribution in [3.05, 3.63) is 71.3 Å². The van der Waals surface area contributed by atoms with Crippen LogP contribution in [-0.4, -0.2) is 45.4 Å². The number of carbonyl (C=O) groups is 1. The highest BCUT2D eigenvalue weighted by molar-refractivity contribution is 6.31. The van der Waals surface area contributed by atoms with Crippen LogP contribution in [0.4, 0.5) is 5.82 Å². The molecule has 0 spiro atoms. The fourth-order valence-electron chi connectivity index (χ4n) is 3.98. The van der Waals surface area contributed by atoms with Gasteiger partial charge >= 0.3 is 0 Å². The van der Waals surface area contributed by atoms with E-state index in [1.54, 1.807) is 18.7 Å². The van der Waals surface area contributed by atoms with Crippen LogP contribution in [0.15, 0.2) is 49.4 Å². The molecule has 0 radical (unpaired) electrons. The number of hydrogen-bond acceptors (Lipinski definition) is 7. The number of rotatable bonds is 5. The van der Waals surface area contributed by atoms with Gasteiger partial charge in [0.15, 0.2) is 17.1 Å². The molecule has 11 nitrogen and oxygen atoms in total. The minimum atomic E-state index is -0.239. The Hall–Kier alpha value is -4.51. The number of carbonyl (C=O) groups excluding carboxylic acids is 1. The van der Waals surface area contributed by atoms with Gasteiger partial charge in [-0.25, -0.2) is 24.9 Å². The zero-order chi connectivity index (χ0) is 23.2. The lowest BCUT2D eigenvalue weighted by atomic mass is 10.1. The van der Waals surface area contributed by atoms with Crippen molar-refractivity contribution in [3.8, 4) is 0 Å². The molecule has 5 heterocycles. The van der Waals surface area contributed by atoms with E-state index in [0.717, 1.165) is 22.2 Å². The first-order chi connectivity index (χ1) is 16.5. The maximum absolute atomic E-state index is 12.6. The molecule has 0 fully saturated rings. The van der Waals surface area contributed by atoms with Crippen molar-refractivity contribution in [2.24, 2.45) is 0 Å². The van der Waals surface area contributed by atoms with Gasteiger partial charge in [-0.15, -0.1) is 0 Å². The summed E-state index contributed by atoms with van der Waals surface area (Å²) < 4.78 is 1.89. The molecular weight excluding hydrogens is 456 g/mol. The average Bonchev–Trinajstić information content (AvgIpc) is 3.56. The van der Waals surface area contributed by atoms with Crippen molar-refractivity contribution in [1.82, 2.24) is 44.8 Å². The number of anilines is 1. The summed E-state index contributed by atoms with van der Waals surface area (Å²) in [5.74, 6) is 0.0935. The number of nitrogen functional groups attached to an aromatic ring is 1. The zero-order valence-corrected chi connectivity index (χ0v) is 18.3. The van der Waals surface area contributed by atoms with E-state index in [2.05, 4.69) is 40.2 Å². The summed E-state index contributed by atoms with van der Waals surface area (Å²) in [4.78, 5) is 39.9. The highest BCUT2D eigenvalue weighted by Gasteiger charge is 2.14. The Kier molecular flexibility index (Phi) is 4.62. The lowest BCUT2D eigenvalue weighted by Gasteiger charge is -2.07. The molecular formula is C22H17ClN10O. The highest BCUT2D eigenvalue weighted by Crippen LogP contribution is 2.26. The lowest BCUT2D eigenvalue weighted by molar-refractivity contribution is 0.0950. The van der Waals surface area contributed by atoms with Crippen molar-refractivity contribution in [1.29, 1.82) is 0 Å². The van der Waals surface area contributed by atoms with Gasteiger partial charge in [-0.2, -0.15) is 0 Å². The first kappa shape index (κ1) is 20.1. The van der Waals surface area contributed by atoms with Crippen molar-refractivity contribution in [2.75, 3.05) is 5.73 Å². The van der Waals surface area contributed by atoms with Crippen LogP contribution in [0.5, 0.6) is 0 Å². The Labute approximate surface area is 196 Å². The third-order valence-corrected chi connectivity index (χ3v) is 5.79. The fourth-order valence-corrected chi connectivity index (χ4v) is 4.23. The smallest absolute Gasteiger partial charge is 0.253 e. The van der Waals surface area contributed by atoms with Gasteiger partial charge in [0.05, 0.1) is 36.8 Å². The summed E-state index contributed by atoms with van der Waals surface area (Å²) in [5.41, 5.74) is 11.5. The van der Waals surface area contributed by atoms with Crippen LogP contribution < -0.4 is 11.1 Å². The van der Waals surface area contributed by atoms with Gasteiger partial charge in [0.25, 0.3) is 5.91 Å². The highest BCUT2D eigenvalue weighted by atomic mass is 35.5. The molecule has 6 rings (SSSR count). The number of nitrogens with zero attached hydrogens (tertiary/aromatic N) is 6. The normalized spacial score (nSPS) is 11.6. The number of fused-ring (bicyclic) bond motifs is 3. The summed E-state index contributed by atoms with van der Waals surface area (Å²) >= 11 is 6.39. The zero-order valence-electron chi connectivity index (χ0n) is 17.6. The van der Waals surface area contributed by atoms with Crippen LogP contribution >= 0.6 is 11.6 Å². The minimum Gasteiger partial charge on any atom is -0.382 e. The summed E-state index contributed by atoms with van der Waals surface area (Å²) in [6, 6.07) is 7.43. The molecule has 34 heavy (non-hydrogen) atoms. The van der Waals surface area contributed by atoms with E-state index < -0.39 is 0 Å². The second-order valence-corrected chi connectivity index (χ2v) is 8.24. The van der Waals surface area contributed by atoms with Crippen LogP contribution in [-0.2, 0) is 13.1 Å². The summed E-state index contributed by atoms with van der Waals surface area (Å²) in [5, 5.41) is 4.46. The number of imidazole rings is 2. The monoisotopic (exact) mass is 472 g/mol. The van der Waals surface area contributed by atoms with Gasteiger partial charge in [-0.1, -0.05) is 11.6 Å². The number of hydrogen-bond donors (Lipinski definition) is 4. The van der Waals surface area contributed by atoms with Gasteiger partial charge < -0.3 is 25.6 Å². The molecule has 6 aromatic rings. The summed E-state index contributed by atoms with van der Waals surface area (Å²) in [6.07, 6.45) is 6.15. The first-order valence-corrected chi connectivity index (χ1v) is 10.7. The van der Waals surface area contributed by atoms with Gasteiger partial charge in [0.1, 0.15) is 17.4 Å². The van der Waals surface area contributed by atoms with E-state index in [0.29, 0.717) is 51.8 Å². The predicted molar refractivity (Wildman–Crippen MR) is 127 cm³/mol. The fraction of sp³-hybridized carbons (Fsp3) is 0.0909. The molecule has 0 aliphatic heterocycles. The van der Waals surface area contributed by atoms with Crippen molar-refractivity contribution >= 4 is 56.6 Å². The van der Waals surface area contributed by atoms with Gasteiger partial charge in [0.2, 0.25) is 0 Å². The van der Waals surface area contributed by atoms with Gasteiger partial charge in [0, 0.05) is 22.3 Å². The Balaban J connectivity index is 1.26. The number of amides is 1. The number of H-pyrrole nitrogens is 2. The van der Waals surface area contributed by atoms with Crippen LogP contribution in [0.2, 0.25) is 5.02 Å². The van der Waals surface area contributed by atoms with E-state index in [9.17, 15) is 4.79 Å². The summed E-state index contributed by atoms with van der Waals surface area (Å²) in [6.45, 7) is 0.784. The molecule has 0 bridgehead atoms. The topological polar surface area (TPSA) is 156 Å². The molecule has 1 amide bonds. The molecule has 0 atom stereocenters. The van der Waals surface area contributed by atoms with Crippen LogP contribution in [0.3, 0.4) is 0 Å². The lowest BCUT2D eigenvalue weighted by Crippen LogP contribution is -2.23. The van der Waals surface area contributed by atoms with E-state index in [-0.39, 0.29) is 5.91 Å². The Bertz CT molecular complexity index is 1700. The first-order valence-electron chi connectivity index (χ1n) is 10.3. The maximum atomic E-state index is 12.6. The van der Waals surface area contributed by atoms with E-state index in [1.807, 2.05) is 22.8 Å². The molecule has 12 heteroatoms. The number of nitrogens with one attached hydrogen (secondary N) is 3. The molecule has 0 saturated heterocycles. The van der Waals surface area contributed by atoms with E-state index in [1.165, 1.54) is 12.5 Å². The standard InChI is InChI=1S/C22H17ClN10O/c23-14-1-11-3-15(6-26-22(34)12-4-16-20(25-5-12)29-8-27-16)32-17(11)13(2-14)7-33-10-31-18-19(24)28-9-30-21(18)33/h1-5,8-10,32H,6-7H2,(H,26,34)(H2,24,28,30)(H,25,27,29). The molecule has 5 aromatic heterocycles. The minimum absolute atomic E-state index is 0.239. The van der Waals surface area contributed by atoms with Gasteiger partial charge in [-0.05, 0) is 29.8 Å². The largest absolute Gasteiger partial charge is 0.382 e. The molecule has 0 aliphatic carbocycles. The Morgan fingerprint density at radius 3 is 2.94 bits per heavy atom. The average molecular weight is 473 g/mol. The number of benzene rings is 1. The third kappa shape index (κ3) is 3.48. The number of nitrogens with two attached hydrogens (primary N) is 1. The molecule has 0 aliphatic rings.